The largest absolute Gasteiger partial charge is 0.433 e. The Hall–Kier alpha value is -1.90. The Morgan fingerprint density at radius 2 is 2.00 bits per heavy atom. The molecule has 0 aliphatic heterocycles. The normalized spacial score (nSPS) is 11.4. The number of aromatic amines is 1. The zero-order valence-electron chi connectivity index (χ0n) is 9.12. The third kappa shape index (κ3) is 3.11. The highest BCUT2D eigenvalue weighted by atomic mass is 79.9. The van der Waals surface area contributed by atoms with Gasteiger partial charge >= 0.3 is 6.18 Å². The minimum Gasteiger partial charge on any atom is -0.338 e. The monoisotopic (exact) mass is 334 g/mol. The highest BCUT2D eigenvalue weighted by Gasteiger charge is 2.32. The van der Waals surface area contributed by atoms with E-state index >= 15 is 0 Å². The average Bonchev–Trinajstić information content (AvgIpc) is 2.35. The Morgan fingerprint density at radius 3 is 2.58 bits per heavy atom. The zero-order valence-corrected chi connectivity index (χ0v) is 10.7. The molecule has 0 bridgehead atoms. The van der Waals surface area contributed by atoms with E-state index in [0.717, 1.165) is 12.3 Å². The van der Waals surface area contributed by atoms with Crippen molar-refractivity contribution >= 4 is 27.4 Å². The Morgan fingerprint density at radius 1 is 1.26 bits per heavy atom. The van der Waals surface area contributed by atoms with E-state index in [4.69, 9.17) is 0 Å². The molecule has 2 aromatic heterocycles. The van der Waals surface area contributed by atoms with Gasteiger partial charge in [0.15, 0.2) is 5.82 Å². The smallest absolute Gasteiger partial charge is 0.338 e. The van der Waals surface area contributed by atoms with Gasteiger partial charge in [-0.15, -0.1) is 0 Å². The van der Waals surface area contributed by atoms with Crippen LogP contribution in [-0.4, -0.2) is 15.0 Å². The molecule has 2 N–H and O–H groups in total. The standard InChI is InChI=1S/C10H6BrF3N4O/c11-7-8(16-4-17-9(7)19)18-5-1-2-6(15-3-5)10(12,13)14/h1-4H,(H2,16,17,18,19). The Kier molecular flexibility index (Phi) is 3.56. The summed E-state index contributed by atoms with van der Waals surface area (Å²) in [6, 6.07) is 2.04. The molecule has 0 aromatic carbocycles. The fraction of sp³-hybridized carbons (Fsp3) is 0.100. The second-order valence-electron chi connectivity index (χ2n) is 3.45. The molecule has 9 heteroatoms. The molecule has 2 aromatic rings. The predicted octanol–water partition coefficient (Wildman–Crippen LogP) is 2.69. The van der Waals surface area contributed by atoms with Gasteiger partial charge in [0, 0.05) is 0 Å². The van der Waals surface area contributed by atoms with Gasteiger partial charge in [-0.05, 0) is 28.1 Å². The lowest BCUT2D eigenvalue weighted by molar-refractivity contribution is -0.141. The van der Waals surface area contributed by atoms with Crippen LogP contribution in [0.15, 0.2) is 33.9 Å². The number of rotatable bonds is 2. The van der Waals surface area contributed by atoms with Gasteiger partial charge in [-0.25, -0.2) is 9.97 Å². The lowest BCUT2D eigenvalue weighted by atomic mass is 10.3. The minimum atomic E-state index is -4.48. The first-order valence-electron chi connectivity index (χ1n) is 4.91. The minimum absolute atomic E-state index is 0.148. The molecule has 0 aliphatic carbocycles. The Labute approximate surface area is 113 Å². The van der Waals surface area contributed by atoms with E-state index in [1.54, 1.807) is 0 Å². The van der Waals surface area contributed by atoms with Crippen LogP contribution >= 0.6 is 15.9 Å². The molecule has 0 saturated heterocycles. The summed E-state index contributed by atoms with van der Waals surface area (Å²) in [5, 5.41) is 2.68. The van der Waals surface area contributed by atoms with Crippen molar-refractivity contribution in [1.82, 2.24) is 15.0 Å². The van der Waals surface area contributed by atoms with Crippen LogP contribution in [0.2, 0.25) is 0 Å². The van der Waals surface area contributed by atoms with Crippen molar-refractivity contribution in [1.29, 1.82) is 0 Å². The van der Waals surface area contributed by atoms with E-state index in [9.17, 15) is 18.0 Å². The van der Waals surface area contributed by atoms with Gasteiger partial charge in [0.25, 0.3) is 5.56 Å². The summed E-state index contributed by atoms with van der Waals surface area (Å²) in [6.07, 6.45) is -2.30. The van der Waals surface area contributed by atoms with Gasteiger partial charge in [-0.2, -0.15) is 13.2 Å². The Balaban J connectivity index is 2.25. The van der Waals surface area contributed by atoms with Crippen LogP contribution in [0.5, 0.6) is 0 Å². The third-order valence-electron chi connectivity index (χ3n) is 2.11. The molecule has 2 heterocycles. The molecule has 0 saturated carbocycles. The van der Waals surface area contributed by atoms with E-state index in [1.165, 1.54) is 12.4 Å². The molecule has 0 radical (unpaired) electrons. The number of pyridine rings is 1. The van der Waals surface area contributed by atoms with Gasteiger partial charge in [0.1, 0.15) is 10.2 Å². The first-order valence-corrected chi connectivity index (χ1v) is 5.70. The second kappa shape index (κ2) is 5.00. The van der Waals surface area contributed by atoms with Crippen molar-refractivity contribution < 1.29 is 13.2 Å². The van der Waals surface area contributed by atoms with E-state index in [1.807, 2.05) is 0 Å². The second-order valence-corrected chi connectivity index (χ2v) is 4.24. The van der Waals surface area contributed by atoms with Gasteiger partial charge in [-0.3, -0.25) is 4.79 Å². The summed E-state index contributed by atoms with van der Waals surface area (Å²) in [5.41, 5.74) is -1.11. The van der Waals surface area contributed by atoms with Crippen molar-refractivity contribution in [2.24, 2.45) is 0 Å². The van der Waals surface area contributed by atoms with Crippen molar-refractivity contribution in [2.45, 2.75) is 6.18 Å². The lowest BCUT2D eigenvalue weighted by Gasteiger charge is -2.08. The Bertz CT molecular complexity index is 638. The molecule has 0 fully saturated rings. The van der Waals surface area contributed by atoms with Crippen LogP contribution in [-0.2, 0) is 6.18 Å². The van der Waals surface area contributed by atoms with Crippen molar-refractivity contribution in [3.63, 3.8) is 0 Å². The molecule has 0 aliphatic rings. The van der Waals surface area contributed by atoms with Crippen LogP contribution in [0, 0.1) is 0 Å². The summed E-state index contributed by atoms with van der Waals surface area (Å²) in [7, 11) is 0. The van der Waals surface area contributed by atoms with Crippen molar-refractivity contribution in [3.05, 3.63) is 45.2 Å². The number of alkyl halides is 3. The van der Waals surface area contributed by atoms with Crippen molar-refractivity contribution in [3.8, 4) is 0 Å². The SMILES string of the molecule is O=c1[nH]cnc(Nc2ccc(C(F)(F)F)nc2)c1Br. The van der Waals surface area contributed by atoms with Gasteiger partial charge in [0.05, 0.1) is 18.2 Å². The number of anilines is 2. The third-order valence-corrected chi connectivity index (χ3v) is 2.85. The molecule has 19 heavy (non-hydrogen) atoms. The first kappa shape index (κ1) is 13.5. The fourth-order valence-corrected chi connectivity index (χ4v) is 1.56. The first-order chi connectivity index (χ1) is 8.88. The molecule has 0 atom stereocenters. The summed E-state index contributed by atoms with van der Waals surface area (Å²) in [5.74, 6) is 0.185. The van der Waals surface area contributed by atoms with Crippen LogP contribution in [0.1, 0.15) is 5.69 Å². The predicted molar refractivity (Wildman–Crippen MR) is 65.1 cm³/mol. The summed E-state index contributed by atoms with van der Waals surface area (Å²) >= 11 is 3.01. The number of hydrogen-bond donors (Lipinski definition) is 2. The molecular weight excluding hydrogens is 329 g/mol. The van der Waals surface area contributed by atoms with E-state index in [2.05, 4.69) is 36.2 Å². The number of hydrogen-bond acceptors (Lipinski definition) is 4. The molecule has 0 unspecified atom stereocenters. The number of H-pyrrole nitrogens is 1. The average molecular weight is 335 g/mol. The van der Waals surface area contributed by atoms with Crippen LogP contribution in [0.4, 0.5) is 24.7 Å². The zero-order chi connectivity index (χ0) is 14.0. The molecule has 0 spiro atoms. The van der Waals surface area contributed by atoms with Gasteiger partial charge in [0.2, 0.25) is 0 Å². The maximum atomic E-state index is 12.3. The highest BCUT2D eigenvalue weighted by Crippen LogP contribution is 2.28. The number of aromatic nitrogens is 3. The van der Waals surface area contributed by atoms with Crippen LogP contribution in [0.25, 0.3) is 0 Å². The molecular formula is C10H6BrF3N4O. The quantitative estimate of drug-likeness (QED) is 0.885. The maximum absolute atomic E-state index is 12.3. The summed E-state index contributed by atoms with van der Waals surface area (Å²) in [4.78, 5) is 20.7. The van der Waals surface area contributed by atoms with Gasteiger partial charge in [-0.1, -0.05) is 0 Å². The topological polar surface area (TPSA) is 70.7 Å². The van der Waals surface area contributed by atoms with Crippen LogP contribution in [0.3, 0.4) is 0 Å². The number of nitrogens with zero attached hydrogens (tertiary/aromatic N) is 2. The lowest BCUT2D eigenvalue weighted by Crippen LogP contribution is -2.11. The molecule has 2 rings (SSSR count). The number of halogens is 4. The van der Waals surface area contributed by atoms with Crippen molar-refractivity contribution in [2.75, 3.05) is 5.32 Å². The summed E-state index contributed by atoms with van der Waals surface area (Å²) < 4.78 is 37.1. The van der Waals surface area contributed by atoms with E-state index < -0.39 is 17.4 Å². The molecule has 100 valence electrons. The highest BCUT2D eigenvalue weighted by molar-refractivity contribution is 9.10. The maximum Gasteiger partial charge on any atom is 0.433 e. The van der Waals surface area contributed by atoms with Gasteiger partial charge < -0.3 is 10.3 Å². The summed E-state index contributed by atoms with van der Waals surface area (Å²) in [6.45, 7) is 0. The van der Waals surface area contributed by atoms with E-state index in [-0.39, 0.29) is 16.0 Å². The number of nitrogens with one attached hydrogen (secondary N) is 2. The molecule has 5 nitrogen and oxygen atoms in total. The van der Waals surface area contributed by atoms with Crippen LogP contribution < -0.4 is 10.9 Å². The van der Waals surface area contributed by atoms with E-state index in [0.29, 0.717) is 0 Å². The molecule has 0 amide bonds. The fourth-order valence-electron chi connectivity index (χ4n) is 1.24.